The molecule has 0 bridgehead atoms. The van der Waals surface area contributed by atoms with Gasteiger partial charge >= 0.3 is 0 Å². The molecule has 0 saturated heterocycles. The maximum Gasteiger partial charge on any atom is 0.297 e. The molecule has 20 heavy (non-hydrogen) atoms. The summed E-state index contributed by atoms with van der Waals surface area (Å²) in [6.45, 7) is 11.7. The lowest BCUT2D eigenvalue weighted by Crippen LogP contribution is -2.21. The maximum atomic E-state index is 12.3. The summed E-state index contributed by atoms with van der Waals surface area (Å²) >= 11 is 0. The molecule has 0 aliphatic carbocycles. The lowest BCUT2D eigenvalue weighted by atomic mass is 10.0. The second-order valence-corrected chi connectivity index (χ2v) is 7.35. The van der Waals surface area contributed by atoms with Crippen LogP contribution in [0.25, 0.3) is 0 Å². The molecular weight excluding hydrogens is 272 g/mol. The van der Waals surface area contributed by atoms with Gasteiger partial charge in [0.15, 0.2) is 0 Å². The van der Waals surface area contributed by atoms with Crippen LogP contribution < -0.4 is 0 Å². The highest BCUT2D eigenvalue weighted by atomic mass is 32.2. The van der Waals surface area contributed by atoms with Gasteiger partial charge < -0.3 is 0 Å². The zero-order chi connectivity index (χ0) is 15.3. The first-order valence-corrected chi connectivity index (χ1v) is 8.26. The third kappa shape index (κ3) is 5.47. The van der Waals surface area contributed by atoms with E-state index in [9.17, 15) is 8.42 Å². The lowest BCUT2D eigenvalue weighted by molar-refractivity contribution is 0.182. The Bertz CT molecular complexity index is 542. The summed E-state index contributed by atoms with van der Waals surface area (Å²) in [5.74, 6) is 0.368. The Morgan fingerprint density at radius 1 is 1.25 bits per heavy atom. The van der Waals surface area contributed by atoms with Crippen LogP contribution in [0, 0.1) is 12.8 Å². The van der Waals surface area contributed by atoms with Crippen LogP contribution in [0.2, 0.25) is 0 Å². The Morgan fingerprint density at radius 3 is 2.25 bits per heavy atom. The van der Waals surface area contributed by atoms with E-state index in [0.717, 1.165) is 11.1 Å². The predicted octanol–water partition coefficient (Wildman–Crippen LogP) is 4.08. The van der Waals surface area contributed by atoms with Crippen molar-refractivity contribution in [2.24, 2.45) is 5.92 Å². The van der Waals surface area contributed by atoms with Gasteiger partial charge in [0.2, 0.25) is 0 Å². The molecule has 1 atom stereocenters. The Kier molecular flexibility index (Phi) is 5.96. The van der Waals surface area contributed by atoms with Gasteiger partial charge in [0.05, 0.1) is 11.0 Å². The van der Waals surface area contributed by atoms with Crippen LogP contribution in [0.15, 0.2) is 41.3 Å². The van der Waals surface area contributed by atoms with Gasteiger partial charge in [-0.05, 0) is 44.7 Å². The molecule has 0 spiro atoms. The van der Waals surface area contributed by atoms with Crippen LogP contribution in [-0.2, 0) is 14.3 Å². The summed E-state index contributed by atoms with van der Waals surface area (Å²) in [6, 6.07) is 6.70. The Morgan fingerprint density at radius 2 is 1.80 bits per heavy atom. The third-order valence-electron chi connectivity index (χ3n) is 2.88. The number of benzene rings is 1. The van der Waals surface area contributed by atoms with Gasteiger partial charge in [-0.3, -0.25) is 4.18 Å². The van der Waals surface area contributed by atoms with Crippen LogP contribution >= 0.6 is 0 Å². The first-order chi connectivity index (χ1) is 9.20. The van der Waals surface area contributed by atoms with Gasteiger partial charge in [-0.15, -0.1) is 6.58 Å². The monoisotopic (exact) mass is 296 g/mol. The molecule has 0 heterocycles. The minimum atomic E-state index is -3.71. The van der Waals surface area contributed by atoms with Crippen LogP contribution in [0.1, 0.15) is 39.2 Å². The average Bonchev–Trinajstić information content (AvgIpc) is 2.26. The van der Waals surface area contributed by atoms with Crippen LogP contribution in [0.4, 0.5) is 0 Å². The van der Waals surface area contributed by atoms with Gasteiger partial charge in [-0.25, -0.2) is 0 Å². The Labute approximate surface area is 122 Å². The summed E-state index contributed by atoms with van der Waals surface area (Å²) in [5, 5.41) is 0. The molecule has 0 N–H and O–H groups in total. The minimum Gasteiger partial charge on any atom is -0.263 e. The van der Waals surface area contributed by atoms with E-state index >= 15 is 0 Å². The van der Waals surface area contributed by atoms with Crippen molar-refractivity contribution in [2.75, 3.05) is 0 Å². The van der Waals surface area contributed by atoms with E-state index in [1.165, 1.54) is 0 Å². The molecule has 0 aromatic heterocycles. The zero-order valence-electron chi connectivity index (χ0n) is 12.7. The predicted molar refractivity (Wildman–Crippen MR) is 82.1 cm³/mol. The van der Waals surface area contributed by atoms with Gasteiger partial charge in [0.1, 0.15) is 0 Å². The van der Waals surface area contributed by atoms with Crippen molar-refractivity contribution in [1.82, 2.24) is 0 Å². The molecule has 0 saturated carbocycles. The fourth-order valence-corrected chi connectivity index (χ4v) is 3.10. The van der Waals surface area contributed by atoms with Crippen LogP contribution in [0.5, 0.6) is 0 Å². The SMILES string of the molecule is C=C(C)CC(CC(C)C)OS(=O)(=O)c1ccc(C)cc1. The van der Waals surface area contributed by atoms with E-state index in [-0.39, 0.29) is 11.0 Å². The summed E-state index contributed by atoms with van der Waals surface area (Å²) in [6.07, 6.45) is 0.903. The second-order valence-electron chi connectivity index (χ2n) is 5.78. The maximum absolute atomic E-state index is 12.3. The Balaban J connectivity index is 2.90. The highest BCUT2D eigenvalue weighted by Crippen LogP contribution is 2.22. The van der Waals surface area contributed by atoms with E-state index in [4.69, 9.17) is 4.18 Å². The van der Waals surface area contributed by atoms with Crippen molar-refractivity contribution in [2.45, 2.75) is 51.5 Å². The first kappa shape index (κ1) is 16.9. The molecule has 1 aromatic carbocycles. The molecule has 0 amide bonds. The summed E-state index contributed by atoms with van der Waals surface area (Å²) in [4.78, 5) is 0.207. The van der Waals surface area contributed by atoms with E-state index in [2.05, 4.69) is 6.58 Å². The largest absolute Gasteiger partial charge is 0.297 e. The van der Waals surface area contributed by atoms with E-state index < -0.39 is 10.1 Å². The molecule has 0 aliphatic rings. The van der Waals surface area contributed by atoms with E-state index in [1.54, 1.807) is 24.3 Å². The second kappa shape index (κ2) is 7.04. The molecular formula is C16H24O3S. The minimum absolute atomic E-state index is 0.207. The highest BCUT2D eigenvalue weighted by molar-refractivity contribution is 7.86. The zero-order valence-corrected chi connectivity index (χ0v) is 13.5. The topological polar surface area (TPSA) is 43.4 Å². The summed E-state index contributed by atoms with van der Waals surface area (Å²) in [5.41, 5.74) is 1.94. The van der Waals surface area contributed by atoms with E-state index in [0.29, 0.717) is 18.8 Å². The summed E-state index contributed by atoms with van der Waals surface area (Å²) in [7, 11) is -3.71. The highest BCUT2D eigenvalue weighted by Gasteiger charge is 2.22. The van der Waals surface area contributed by atoms with Crippen molar-refractivity contribution in [1.29, 1.82) is 0 Å². The molecule has 0 aliphatic heterocycles. The van der Waals surface area contributed by atoms with Crippen molar-refractivity contribution in [3.8, 4) is 0 Å². The van der Waals surface area contributed by atoms with Gasteiger partial charge in [-0.1, -0.05) is 37.1 Å². The van der Waals surface area contributed by atoms with Crippen molar-refractivity contribution >= 4 is 10.1 Å². The molecule has 1 unspecified atom stereocenters. The van der Waals surface area contributed by atoms with Gasteiger partial charge in [-0.2, -0.15) is 8.42 Å². The molecule has 0 fully saturated rings. The quantitative estimate of drug-likeness (QED) is 0.562. The molecule has 4 heteroatoms. The Hall–Kier alpha value is -1.13. The summed E-state index contributed by atoms with van der Waals surface area (Å²) < 4.78 is 29.9. The van der Waals surface area contributed by atoms with Crippen LogP contribution in [-0.4, -0.2) is 14.5 Å². The molecule has 1 aromatic rings. The van der Waals surface area contributed by atoms with Crippen molar-refractivity contribution in [3.05, 3.63) is 42.0 Å². The lowest BCUT2D eigenvalue weighted by Gasteiger charge is -2.19. The standard InChI is InChI=1S/C16H24O3S/c1-12(2)10-15(11-13(3)4)19-20(17,18)16-8-6-14(5)7-9-16/h6-9,13,15H,1,10-11H2,2-5H3. The number of rotatable bonds is 7. The molecule has 112 valence electrons. The third-order valence-corrected chi connectivity index (χ3v) is 4.26. The van der Waals surface area contributed by atoms with Crippen molar-refractivity contribution in [3.63, 3.8) is 0 Å². The van der Waals surface area contributed by atoms with Crippen molar-refractivity contribution < 1.29 is 12.6 Å². The average molecular weight is 296 g/mol. The normalized spacial score (nSPS) is 13.4. The fourth-order valence-electron chi connectivity index (χ4n) is 2.01. The number of aryl methyl sites for hydroxylation is 1. The number of hydrogen-bond acceptors (Lipinski definition) is 3. The fraction of sp³-hybridized carbons (Fsp3) is 0.500. The smallest absolute Gasteiger partial charge is 0.263 e. The molecule has 1 rings (SSSR count). The van der Waals surface area contributed by atoms with Gasteiger partial charge in [0.25, 0.3) is 10.1 Å². The van der Waals surface area contributed by atoms with E-state index in [1.807, 2.05) is 27.7 Å². The number of hydrogen-bond donors (Lipinski definition) is 0. The first-order valence-electron chi connectivity index (χ1n) is 6.85. The van der Waals surface area contributed by atoms with Gasteiger partial charge in [0, 0.05) is 0 Å². The molecule has 3 nitrogen and oxygen atoms in total. The molecule has 0 radical (unpaired) electrons. The van der Waals surface area contributed by atoms with Crippen LogP contribution in [0.3, 0.4) is 0 Å².